The Morgan fingerprint density at radius 2 is 1.92 bits per heavy atom. The molecule has 1 fully saturated rings. The van der Waals surface area contributed by atoms with Gasteiger partial charge < -0.3 is 9.84 Å². The van der Waals surface area contributed by atoms with Gasteiger partial charge in [-0.05, 0) is 11.8 Å². The first kappa shape index (κ1) is 10.0. The summed E-state index contributed by atoms with van der Waals surface area (Å²) in [5.74, 6) is 0. The number of hydrogen-bond donors (Lipinski definition) is 1. The van der Waals surface area contributed by atoms with Gasteiger partial charge in [0.2, 0.25) is 0 Å². The van der Waals surface area contributed by atoms with Crippen molar-refractivity contribution < 1.29 is 9.84 Å². The molecule has 0 aromatic heterocycles. The number of epoxide rings is 1. The second kappa shape index (κ2) is 3.00. The molecule has 1 saturated heterocycles. The molecule has 0 amide bonds. The molecule has 12 heavy (non-hydrogen) atoms. The molecule has 1 aliphatic rings. The first-order chi connectivity index (χ1) is 5.39. The third-order valence-corrected chi connectivity index (χ3v) is 2.95. The first-order valence-electron chi connectivity index (χ1n) is 4.73. The summed E-state index contributed by atoms with van der Waals surface area (Å²) < 4.78 is 5.14. The van der Waals surface area contributed by atoms with E-state index in [0.717, 1.165) is 19.4 Å². The molecule has 1 heterocycles. The summed E-state index contributed by atoms with van der Waals surface area (Å²) in [6.07, 6.45) is 1.90. The van der Waals surface area contributed by atoms with Crippen LogP contribution in [0.1, 0.15) is 40.5 Å². The first-order valence-corrected chi connectivity index (χ1v) is 4.73. The SMILES string of the molecule is CC[C@@](O)(C[C@H]1CO1)C(C)(C)C. The van der Waals surface area contributed by atoms with Crippen LogP contribution in [0, 0.1) is 5.41 Å². The van der Waals surface area contributed by atoms with E-state index in [0.29, 0.717) is 6.10 Å². The number of ether oxygens (including phenoxy) is 1. The van der Waals surface area contributed by atoms with E-state index < -0.39 is 5.60 Å². The van der Waals surface area contributed by atoms with E-state index in [4.69, 9.17) is 4.74 Å². The summed E-state index contributed by atoms with van der Waals surface area (Å²) in [5.41, 5.74) is -0.609. The minimum atomic E-state index is -0.561. The second-order valence-electron chi connectivity index (χ2n) is 4.79. The van der Waals surface area contributed by atoms with E-state index in [2.05, 4.69) is 20.8 Å². The van der Waals surface area contributed by atoms with Crippen molar-refractivity contribution in [3.63, 3.8) is 0 Å². The fourth-order valence-corrected chi connectivity index (χ4v) is 1.54. The highest BCUT2D eigenvalue weighted by Crippen LogP contribution is 2.39. The normalized spacial score (nSPS) is 28.2. The molecule has 0 unspecified atom stereocenters. The average Bonchev–Trinajstić information content (AvgIpc) is 2.69. The Bertz CT molecular complexity index is 156. The van der Waals surface area contributed by atoms with Crippen LogP contribution in [0.2, 0.25) is 0 Å². The Kier molecular flexibility index (Phi) is 2.50. The maximum absolute atomic E-state index is 10.3. The summed E-state index contributed by atoms with van der Waals surface area (Å²) in [7, 11) is 0. The molecular weight excluding hydrogens is 152 g/mol. The summed E-state index contributed by atoms with van der Waals surface area (Å²) in [5, 5.41) is 10.3. The van der Waals surface area contributed by atoms with Crippen LogP contribution in [0.15, 0.2) is 0 Å². The minimum absolute atomic E-state index is 0.0479. The quantitative estimate of drug-likeness (QED) is 0.660. The lowest BCUT2D eigenvalue weighted by atomic mass is 9.72. The number of rotatable bonds is 3. The second-order valence-corrected chi connectivity index (χ2v) is 4.79. The Labute approximate surface area is 74.9 Å². The van der Waals surface area contributed by atoms with Gasteiger partial charge in [0.15, 0.2) is 0 Å². The lowest BCUT2D eigenvalue weighted by Crippen LogP contribution is -2.43. The van der Waals surface area contributed by atoms with Gasteiger partial charge in [0.25, 0.3) is 0 Å². The van der Waals surface area contributed by atoms with Crippen molar-refractivity contribution in [2.75, 3.05) is 6.61 Å². The fourth-order valence-electron chi connectivity index (χ4n) is 1.54. The highest BCUT2D eigenvalue weighted by Gasteiger charge is 2.43. The fraction of sp³-hybridized carbons (Fsp3) is 1.00. The van der Waals surface area contributed by atoms with E-state index in [1.165, 1.54) is 0 Å². The monoisotopic (exact) mass is 172 g/mol. The lowest BCUT2D eigenvalue weighted by molar-refractivity contribution is -0.0717. The molecule has 0 aliphatic carbocycles. The highest BCUT2D eigenvalue weighted by molar-refractivity contribution is 4.93. The lowest BCUT2D eigenvalue weighted by Gasteiger charge is -2.39. The number of hydrogen-bond acceptors (Lipinski definition) is 2. The standard InChI is InChI=1S/C10H20O2/c1-5-10(11,9(2,3)4)6-8-7-12-8/h8,11H,5-7H2,1-4H3/t8-,10+/m0/s1. The summed E-state index contributed by atoms with van der Waals surface area (Å²) >= 11 is 0. The Morgan fingerprint density at radius 3 is 2.17 bits per heavy atom. The molecule has 2 atom stereocenters. The van der Waals surface area contributed by atoms with Crippen molar-refractivity contribution in [3.8, 4) is 0 Å². The molecule has 72 valence electrons. The third-order valence-electron chi connectivity index (χ3n) is 2.95. The Morgan fingerprint density at radius 1 is 1.42 bits per heavy atom. The molecular formula is C10H20O2. The highest BCUT2D eigenvalue weighted by atomic mass is 16.6. The number of aliphatic hydroxyl groups is 1. The van der Waals surface area contributed by atoms with Gasteiger partial charge in [-0.25, -0.2) is 0 Å². The van der Waals surface area contributed by atoms with E-state index in [1.54, 1.807) is 0 Å². The molecule has 2 heteroatoms. The van der Waals surface area contributed by atoms with Gasteiger partial charge in [-0.1, -0.05) is 27.7 Å². The van der Waals surface area contributed by atoms with Crippen molar-refractivity contribution in [1.82, 2.24) is 0 Å². The van der Waals surface area contributed by atoms with Gasteiger partial charge >= 0.3 is 0 Å². The third kappa shape index (κ3) is 1.99. The van der Waals surface area contributed by atoms with Gasteiger partial charge in [0, 0.05) is 6.42 Å². The minimum Gasteiger partial charge on any atom is -0.389 e. The van der Waals surface area contributed by atoms with Crippen LogP contribution in [0.3, 0.4) is 0 Å². The predicted molar refractivity (Wildman–Crippen MR) is 49.1 cm³/mol. The smallest absolute Gasteiger partial charge is 0.0837 e. The zero-order valence-corrected chi connectivity index (χ0v) is 8.55. The molecule has 0 saturated carbocycles. The van der Waals surface area contributed by atoms with Gasteiger partial charge in [-0.3, -0.25) is 0 Å². The Hall–Kier alpha value is -0.0800. The molecule has 0 radical (unpaired) electrons. The largest absolute Gasteiger partial charge is 0.389 e. The molecule has 0 spiro atoms. The molecule has 0 aromatic rings. The van der Waals surface area contributed by atoms with Crippen LogP contribution in [0.4, 0.5) is 0 Å². The zero-order chi connectivity index (χ0) is 9.41. The van der Waals surface area contributed by atoms with E-state index in [-0.39, 0.29) is 5.41 Å². The average molecular weight is 172 g/mol. The van der Waals surface area contributed by atoms with Gasteiger partial charge in [-0.15, -0.1) is 0 Å². The van der Waals surface area contributed by atoms with Crippen molar-refractivity contribution >= 4 is 0 Å². The molecule has 1 aliphatic heterocycles. The van der Waals surface area contributed by atoms with Crippen LogP contribution < -0.4 is 0 Å². The van der Waals surface area contributed by atoms with Crippen molar-refractivity contribution in [2.24, 2.45) is 5.41 Å². The molecule has 1 N–H and O–H groups in total. The Balaban J connectivity index is 2.59. The summed E-state index contributed by atoms with van der Waals surface area (Å²) in [6.45, 7) is 9.11. The van der Waals surface area contributed by atoms with Crippen LogP contribution in [0.25, 0.3) is 0 Å². The molecule has 0 aromatic carbocycles. The van der Waals surface area contributed by atoms with Gasteiger partial charge in [0.1, 0.15) is 0 Å². The van der Waals surface area contributed by atoms with E-state index >= 15 is 0 Å². The summed E-state index contributed by atoms with van der Waals surface area (Å²) in [6, 6.07) is 0. The van der Waals surface area contributed by atoms with Crippen LogP contribution >= 0.6 is 0 Å². The summed E-state index contributed by atoms with van der Waals surface area (Å²) in [4.78, 5) is 0. The molecule has 1 rings (SSSR count). The maximum Gasteiger partial charge on any atom is 0.0837 e. The maximum atomic E-state index is 10.3. The van der Waals surface area contributed by atoms with Crippen molar-refractivity contribution in [1.29, 1.82) is 0 Å². The van der Waals surface area contributed by atoms with Crippen molar-refractivity contribution in [2.45, 2.75) is 52.2 Å². The van der Waals surface area contributed by atoms with Gasteiger partial charge in [-0.2, -0.15) is 0 Å². The molecule has 2 nitrogen and oxygen atoms in total. The van der Waals surface area contributed by atoms with Crippen molar-refractivity contribution in [3.05, 3.63) is 0 Å². The van der Waals surface area contributed by atoms with E-state index in [1.807, 2.05) is 6.92 Å². The van der Waals surface area contributed by atoms with Crippen LogP contribution in [-0.2, 0) is 4.74 Å². The zero-order valence-electron chi connectivity index (χ0n) is 8.55. The molecule has 0 bridgehead atoms. The van der Waals surface area contributed by atoms with E-state index in [9.17, 15) is 5.11 Å². The van der Waals surface area contributed by atoms with Gasteiger partial charge in [0.05, 0.1) is 18.3 Å². The van der Waals surface area contributed by atoms with Crippen LogP contribution in [-0.4, -0.2) is 23.4 Å². The predicted octanol–water partition coefficient (Wildman–Crippen LogP) is 1.96. The topological polar surface area (TPSA) is 32.8 Å². The van der Waals surface area contributed by atoms with Crippen LogP contribution in [0.5, 0.6) is 0 Å².